The molecule has 0 spiro atoms. The Balaban J connectivity index is 1.63. The largest absolute Gasteiger partial charge is 0.507 e. The van der Waals surface area contributed by atoms with Gasteiger partial charge in [0.2, 0.25) is 5.91 Å². The van der Waals surface area contributed by atoms with E-state index < -0.39 is 22.8 Å². The number of carboxylic acid groups (broad SMARTS) is 1. The molecule has 1 atom stereocenters. The molecule has 4 N–H and O–H groups in total. The maximum Gasteiger partial charge on any atom is 0.339 e. The summed E-state index contributed by atoms with van der Waals surface area (Å²) in [6.45, 7) is 1.68. The first-order valence-corrected chi connectivity index (χ1v) is 10.3. The maximum absolute atomic E-state index is 13.0. The Morgan fingerprint density at radius 1 is 0.938 bits per heavy atom. The maximum atomic E-state index is 13.0. The lowest BCUT2D eigenvalue weighted by atomic mass is 10.2. The van der Waals surface area contributed by atoms with Crippen LogP contribution in [0.3, 0.4) is 0 Å². The van der Waals surface area contributed by atoms with Crippen molar-refractivity contribution in [2.24, 2.45) is 0 Å². The van der Waals surface area contributed by atoms with Gasteiger partial charge in [0.1, 0.15) is 17.1 Å². The molecule has 0 heterocycles. The number of aromatic hydroxyl groups is 1. The molecule has 0 aliphatic carbocycles. The lowest BCUT2D eigenvalue weighted by Gasteiger charge is -2.14. The van der Waals surface area contributed by atoms with Crippen LogP contribution in [0.4, 0.5) is 15.8 Å². The molecule has 3 aromatic rings. The second kappa shape index (κ2) is 9.97. The zero-order valence-electron chi connectivity index (χ0n) is 16.8. The Kier molecular flexibility index (Phi) is 7.11. The van der Waals surface area contributed by atoms with Crippen molar-refractivity contribution in [1.82, 2.24) is 0 Å². The van der Waals surface area contributed by atoms with Gasteiger partial charge in [-0.1, -0.05) is 6.07 Å². The molecule has 32 heavy (non-hydrogen) atoms. The molecule has 164 valence electrons. The Hall–Kier alpha value is -3.85. The fourth-order valence-electron chi connectivity index (χ4n) is 2.74. The third-order valence-corrected chi connectivity index (χ3v) is 5.47. The van der Waals surface area contributed by atoms with Crippen LogP contribution in [0, 0.1) is 5.82 Å². The molecular formula is C23H19FN2O5S. The molecule has 0 aromatic heterocycles. The molecule has 0 aliphatic heterocycles. The first kappa shape index (κ1) is 22.8. The van der Waals surface area contributed by atoms with E-state index in [-0.39, 0.29) is 23.1 Å². The van der Waals surface area contributed by atoms with E-state index in [1.54, 1.807) is 31.2 Å². The van der Waals surface area contributed by atoms with Gasteiger partial charge in [-0.25, -0.2) is 9.18 Å². The van der Waals surface area contributed by atoms with Crippen LogP contribution in [0.15, 0.2) is 71.6 Å². The van der Waals surface area contributed by atoms with Crippen LogP contribution in [0.5, 0.6) is 5.75 Å². The van der Waals surface area contributed by atoms with E-state index in [0.29, 0.717) is 11.3 Å². The highest BCUT2D eigenvalue weighted by atomic mass is 32.2. The van der Waals surface area contributed by atoms with E-state index in [2.05, 4.69) is 10.6 Å². The summed E-state index contributed by atoms with van der Waals surface area (Å²) in [5, 5.41) is 23.5. The van der Waals surface area contributed by atoms with Gasteiger partial charge in [0.15, 0.2) is 0 Å². The number of carbonyl (C=O) groups excluding carboxylic acids is 2. The van der Waals surface area contributed by atoms with E-state index in [1.807, 2.05) is 0 Å². The summed E-state index contributed by atoms with van der Waals surface area (Å²) in [4.78, 5) is 36.7. The third-order valence-electron chi connectivity index (χ3n) is 4.37. The van der Waals surface area contributed by atoms with Crippen molar-refractivity contribution in [3.8, 4) is 5.75 Å². The molecule has 9 heteroatoms. The number of hydrogen-bond acceptors (Lipinski definition) is 5. The molecule has 0 saturated heterocycles. The summed E-state index contributed by atoms with van der Waals surface area (Å²) in [7, 11) is 0. The lowest BCUT2D eigenvalue weighted by molar-refractivity contribution is -0.115. The number of amides is 2. The van der Waals surface area contributed by atoms with Crippen molar-refractivity contribution in [1.29, 1.82) is 0 Å². The Morgan fingerprint density at radius 3 is 2.31 bits per heavy atom. The van der Waals surface area contributed by atoms with Crippen molar-refractivity contribution in [2.75, 3.05) is 10.6 Å². The zero-order chi connectivity index (χ0) is 23.3. The molecule has 0 radical (unpaired) electrons. The van der Waals surface area contributed by atoms with Crippen LogP contribution in [0.25, 0.3) is 0 Å². The van der Waals surface area contributed by atoms with E-state index in [0.717, 1.165) is 4.90 Å². The number of halogens is 1. The molecule has 7 nitrogen and oxygen atoms in total. The third kappa shape index (κ3) is 5.86. The fourth-order valence-corrected chi connectivity index (χ4v) is 3.66. The predicted molar refractivity (Wildman–Crippen MR) is 120 cm³/mol. The van der Waals surface area contributed by atoms with Gasteiger partial charge in [0.05, 0.1) is 5.25 Å². The fraction of sp³-hybridized carbons (Fsp3) is 0.0870. The first-order chi connectivity index (χ1) is 15.2. The number of carbonyl (C=O) groups is 3. The van der Waals surface area contributed by atoms with Gasteiger partial charge in [-0.3, -0.25) is 9.59 Å². The molecule has 0 saturated carbocycles. The van der Waals surface area contributed by atoms with Crippen molar-refractivity contribution in [3.63, 3.8) is 0 Å². The summed E-state index contributed by atoms with van der Waals surface area (Å²) in [5.41, 5.74) is 0.763. The molecule has 0 fully saturated rings. The number of carboxylic acids is 1. The standard InChI is InChI=1S/C23H19FN2O5S/c1-13(21(28)25-17-9-10-20(27)19(12-17)23(30)31)32-18-4-2-3-16(11-18)26-22(29)14-5-7-15(24)8-6-14/h2-13,27H,1H3,(H,25,28)(H,26,29)(H,30,31). The number of benzene rings is 3. The summed E-state index contributed by atoms with van der Waals surface area (Å²) in [6, 6.07) is 15.9. The summed E-state index contributed by atoms with van der Waals surface area (Å²) in [6.07, 6.45) is 0. The molecule has 1 unspecified atom stereocenters. The molecule has 2 amide bonds. The average molecular weight is 454 g/mol. The number of hydrogen-bond donors (Lipinski definition) is 4. The topological polar surface area (TPSA) is 116 Å². The highest BCUT2D eigenvalue weighted by Crippen LogP contribution is 2.28. The van der Waals surface area contributed by atoms with Crippen molar-refractivity contribution in [2.45, 2.75) is 17.1 Å². The van der Waals surface area contributed by atoms with E-state index in [4.69, 9.17) is 5.11 Å². The van der Waals surface area contributed by atoms with Gasteiger partial charge in [-0.05, 0) is 67.6 Å². The van der Waals surface area contributed by atoms with Crippen LogP contribution in [0.2, 0.25) is 0 Å². The summed E-state index contributed by atoms with van der Waals surface area (Å²) >= 11 is 1.24. The van der Waals surface area contributed by atoms with Gasteiger partial charge in [0.25, 0.3) is 5.91 Å². The minimum absolute atomic E-state index is 0.248. The van der Waals surface area contributed by atoms with Crippen molar-refractivity contribution >= 4 is 40.9 Å². The zero-order valence-corrected chi connectivity index (χ0v) is 17.7. The van der Waals surface area contributed by atoms with Crippen molar-refractivity contribution in [3.05, 3.63) is 83.7 Å². The Labute approximate surface area is 187 Å². The number of anilines is 2. The highest BCUT2D eigenvalue weighted by Gasteiger charge is 2.17. The van der Waals surface area contributed by atoms with Crippen LogP contribution >= 0.6 is 11.8 Å². The predicted octanol–water partition coefficient (Wildman–Crippen LogP) is 4.60. The monoisotopic (exact) mass is 454 g/mol. The van der Waals surface area contributed by atoms with Crippen LogP contribution < -0.4 is 10.6 Å². The van der Waals surface area contributed by atoms with Gasteiger partial charge in [0, 0.05) is 21.8 Å². The second-order valence-electron chi connectivity index (χ2n) is 6.78. The van der Waals surface area contributed by atoms with Crippen molar-refractivity contribution < 1.29 is 29.0 Å². The number of thioether (sulfide) groups is 1. The highest BCUT2D eigenvalue weighted by molar-refractivity contribution is 8.00. The normalized spacial score (nSPS) is 11.4. The Bertz CT molecular complexity index is 1170. The average Bonchev–Trinajstić information content (AvgIpc) is 2.75. The van der Waals surface area contributed by atoms with E-state index in [1.165, 1.54) is 54.2 Å². The van der Waals surface area contributed by atoms with Crippen LogP contribution in [0.1, 0.15) is 27.6 Å². The van der Waals surface area contributed by atoms with Gasteiger partial charge in [-0.15, -0.1) is 11.8 Å². The Morgan fingerprint density at radius 2 is 1.62 bits per heavy atom. The molecular weight excluding hydrogens is 435 g/mol. The number of phenols is 1. The second-order valence-corrected chi connectivity index (χ2v) is 8.19. The number of aromatic carboxylic acids is 1. The van der Waals surface area contributed by atoms with E-state index >= 15 is 0 Å². The lowest BCUT2D eigenvalue weighted by Crippen LogP contribution is -2.22. The molecule has 3 aromatic carbocycles. The summed E-state index contributed by atoms with van der Waals surface area (Å²) in [5.74, 6) is -2.88. The molecule has 0 bridgehead atoms. The van der Waals surface area contributed by atoms with E-state index in [9.17, 15) is 23.9 Å². The minimum Gasteiger partial charge on any atom is -0.507 e. The molecule has 0 aliphatic rings. The van der Waals surface area contributed by atoms with Crippen LogP contribution in [-0.2, 0) is 4.79 Å². The van der Waals surface area contributed by atoms with Gasteiger partial charge >= 0.3 is 5.97 Å². The minimum atomic E-state index is -1.31. The quantitative estimate of drug-likeness (QED) is 0.306. The van der Waals surface area contributed by atoms with Crippen LogP contribution in [-0.4, -0.2) is 33.2 Å². The van der Waals surface area contributed by atoms with Gasteiger partial charge in [-0.2, -0.15) is 0 Å². The number of rotatable bonds is 7. The SMILES string of the molecule is CC(Sc1cccc(NC(=O)c2ccc(F)cc2)c1)C(=O)Nc1ccc(O)c(C(=O)O)c1. The smallest absolute Gasteiger partial charge is 0.339 e. The number of nitrogens with one attached hydrogen (secondary N) is 2. The van der Waals surface area contributed by atoms with Gasteiger partial charge < -0.3 is 20.8 Å². The first-order valence-electron chi connectivity index (χ1n) is 9.44. The molecule has 3 rings (SSSR count). The summed E-state index contributed by atoms with van der Waals surface area (Å²) < 4.78 is 13.0.